The van der Waals surface area contributed by atoms with Crippen molar-refractivity contribution in [2.45, 2.75) is 0 Å². The Bertz CT molecular complexity index is 611. The predicted molar refractivity (Wildman–Crippen MR) is 81.9 cm³/mol. The highest BCUT2D eigenvalue weighted by molar-refractivity contribution is 14.1. The number of hydrogen-bond acceptors (Lipinski definition) is 2. The van der Waals surface area contributed by atoms with Crippen molar-refractivity contribution >= 4 is 45.2 Å². The first-order valence-electron chi connectivity index (χ1n) is 5.56. The van der Waals surface area contributed by atoms with Crippen LogP contribution in [0, 0.1) is 3.57 Å². The summed E-state index contributed by atoms with van der Waals surface area (Å²) in [5.41, 5.74) is 2.67. The van der Waals surface area contributed by atoms with Gasteiger partial charge in [-0.05, 0) is 28.7 Å². The number of quaternary nitrogens is 1. The Morgan fingerprint density at radius 3 is 2.56 bits per heavy atom. The summed E-state index contributed by atoms with van der Waals surface area (Å²) in [6.45, 7) is 0. The van der Waals surface area contributed by atoms with E-state index in [1.807, 2.05) is 6.07 Å². The number of carbonyl (C=O) groups excluding carboxylic acids is 1. The van der Waals surface area contributed by atoms with Gasteiger partial charge >= 0.3 is 5.97 Å². The molecule has 1 aromatic heterocycles. The zero-order valence-electron chi connectivity index (χ0n) is 10.9. The number of aromatic nitrogens is 1. The van der Waals surface area contributed by atoms with Crippen LogP contribution in [-0.4, -0.2) is 39.2 Å². The van der Waals surface area contributed by atoms with Crippen LogP contribution in [0.25, 0.3) is 10.9 Å². The second-order valence-corrected chi connectivity index (χ2v) is 6.13. The summed E-state index contributed by atoms with van der Waals surface area (Å²) in [4.78, 5) is 14.7. The van der Waals surface area contributed by atoms with Gasteiger partial charge in [0.1, 0.15) is 11.4 Å². The third kappa shape index (κ3) is 2.24. The number of aromatic amines is 1. The van der Waals surface area contributed by atoms with E-state index >= 15 is 0 Å². The normalized spacial score (nSPS) is 11.8. The number of ether oxygens (including phenoxy) is 1. The van der Waals surface area contributed by atoms with E-state index in [1.165, 1.54) is 12.8 Å². The van der Waals surface area contributed by atoms with Crippen LogP contribution in [0.5, 0.6) is 0 Å². The summed E-state index contributed by atoms with van der Waals surface area (Å²) in [6, 6.07) is 6.18. The summed E-state index contributed by atoms with van der Waals surface area (Å²) in [6.07, 6.45) is 0. The van der Waals surface area contributed by atoms with Crippen molar-refractivity contribution in [3.05, 3.63) is 27.5 Å². The SMILES string of the molecule is COC(=O)c1[nH]c2ccc([N+](C)(C)C)cc2c1I. The van der Waals surface area contributed by atoms with E-state index in [2.05, 4.69) is 60.9 Å². The van der Waals surface area contributed by atoms with Crippen molar-refractivity contribution in [2.75, 3.05) is 28.3 Å². The van der Waals surface area contributed by atoms with Crippen LogP contribution in [0.1, 0.15) is 10.5 Å². The first-order chi connectivity index (χ1) is 8.34. The molecule has 0 atom stereocenters. The van der Waals surface area contributed by atoms with Gasteiger partial charge in [0.15, 0.2) is 0 Å². The van der Waals surface area contributed by atoms with Crippen LogP contribution in [0.4, 0.5) is 5.69 Å². The van der Waals surface area contributed by atoms with Gasteiger partial charge in [0.25, 0.3) is 0 Å². The van der Waals surface area contributed by atoms with Crippen LogP contribution < -0.4 is 4.48 Å². The Labute approximate surface area is 120 Å². The van der Waals surface area contributed by atoms with Gasteiger partial charge in [0, 0.05) is 23.0 Å². The van der Waals surface area contributed by atoms with Gasteiger partial charge in [0.2, 0.25) is 0 Å². The Hall–Kier alpha value is -1.08. The zero-order chi connectivity index (χ0) is 13.5. The van der Waals surface area contributed by atoms with E-state index in [1.54, 1.807) is 0 Å². The fourth-order valence-electron chi connectivity index (χ4n) is 1.81. The number of methoxy groups -OCH3 is 1. The maximum atomic E-state index is 11.6. The molecule has 0 saturated heterocycles. The lowest BCUT2D eigenvalue weighted by Gasteiger charge is -2.23. The van der Waals surface area contributed by atoms with Crippen LogP contribution in [0.3, 0.4) is 0 Å². The number of fused-ring (bicyclic) bond motifs is 1. The van der Waals surface area contributed by atoms with E-state index in [-0.39, 0.29) is 5.97 Å². The van der Waals surface area contributed by atoms with Gasteiger partial charge < -0.3 is 9.72 Å². The lowest BCUT2D eigenvalue weighted by Crippen LogP contribution is -2.34. The molecule has 96 valence electrons. The van der Waals surface area contributed by atoms with Crippen LogP contribution >= 0.6 is 22.6 Å². The Kier molecular flexibility index (Phi) is 3.37. The molecule has 0 aliphatic rings. The fourth-order valence-corrected chi connectivity index (χ4v) is 2.61. The maximum absolute atomic E-state index is 11.6. The van der Waals surface area contributed by atoms with Crippen molar-refractivity contribution in [3.8, 4) is 0 Å². The number of hydrogen-bond donors (Lipinski definition) is 1. The minimum absolute atomic E-state index is 0.331. The summed E-state index contributed by atoms with van der Waals surface area (Å²) in [5, 5.41) is 1.06. The van der Waals surface area contributed by atoms with Gasteiger partial charge in [-0.2, -0.15) is 0 Å². The van der Waals surface area contributed by atoms with Crippen LogP contribution in [0.2, 0.25) is 0 Å². The highest BCUT2D eigenvalue weighted by atomic mass is 127. The van der Waals surface area contributed by atoms with Gasteiger partial charge in [-0.1, -0.05) is 0 Å². The lowest BCUT2D eigenvalue weighted by molar-refractivity contribution is 0.0594. The molecule has 5 heteroatoms. The van der Waals surface area contributed by atoms with Crippen LogP contribution in [-0.2, 0) is 4.74 Å². The molecular formula is C13H16IN2O2+. The number of carbonyl (C=O) groups is 1. The second-order valence-electron chi connectivity index (χ2n) is 5.05. The Morgan fingerprint density at radius 1 is 1.33 bits per heavy atom. The summed E-state index contributed by atoms with van der Waals surface area (Å²) in [5.74, 6) is -0.331. The van der Waals surface area contributed by atoms with Gasteiger partial charge in [-0.3, -0.25) is 4.48 Å². The number of nitrogens with zero attached hydrogens (tertiary/aromatic N) is 1. The molecule has 0 fully saturated rings. The number of nitrogens with one attached hydrogen (secondary N) is 1. The molecule has 0 amide bonds. The summed E-state index contributed by atoms with van der Waals surface area (Å²) in [7, 11) is 7.73. The van der Waals surface area contributed by atoms with Crippen molar-refractivity contribution in [2.24, 2.45) is 0 Å². The topological polar surface area (TPSA) is 42.1 Å². The molecule has 1 heterocycles. The molecule has 4 nitrogen and oxygen atoms in total. The number of benzene rings is 1. The average molecular weight is 359 g/mol. The maximum Gasteiger partial charge on any atom is 0.355 e. The number of rotatable bonds is 2. The van der Waals surface area contributed by atoms with Gasteiger partial charge in [-0.25, -0.2) is 4.79 Å². The molecule has 1 N–H and O–H groups in total. The molecule has 0 radical (unpaired) electrons. The molecule has 0 aliphatic heterocycles. The average Bonchev–Trinajstić information content (AvgIpc) is 2.64. The van der Waals surface area contributed by atoms with Crippen molar-refractivity contribution in [3.63, 3.8) is 0 Å². The minimum atomic E-state index is -0.331. The first kappa shape index (κ1) is 13.4. The molecule has 0 aliphatic carbocycles. The van der Waals surface area contributed by atoms with Crippen molar-refractivity contribution in [1.29, 1.82) is 0 Å². The van der Waals surface area contributed by atoms with Crippen molar-refractivity contribution in [1.82, 2.24) is 9.47 Å². The molecule has 0 unspecified atom stereocenters. The van der Waals surface area contributed by atoms with E-state index in [0.29, 0.717) is 5.69 Å². The van der Waals surface area contributed by atoms with E-state index < -0.39 is 0 Å². The smallest absolute Gasteiger partial charge is 0.355 e. The summed E-state index contributed by atoms with van der Waals surface area (Å²) < 4.78 is 6.41. The molecule has 2 aromatic rings. The molecule has 1 aromatic carbocycles. The fraction of sp³-hybridized carbons (Fsp3) is 0.308. The minimum Gasteiger partial charge on any atom is -0.464 e. The summed E-state index contributed by atoms with van der Waals surface area (Å²) >= 11 is 2.18. The lowest BCUT2D eigenvalue weighted by atomic mass is 10.2. The highest BCUT2D eigenvalue weighted by Gasteiger charge is 2.19. The molecular weight excluding hydrogens is 343 g/mol. The third-order valence-electron chi connectivity index (χ3n) is 2.88. The molecule has 0 bridgehead atoms. The second kappa shape index (κ2) is 4.55. The molecule has 2 rings (SSSR count). The highest BCUT2D eigenvalue weighted by Crippen LogP contribution is 2.29. The Morgan fingerprint density at radius 2 is 2.00 bits per heavy atom. The van der Waals surface area contributed by atoms with E-state index in [4.69, 9.17) is 4.74 Å². The molecule has 0 saturated carbocycles. The van der Waals surface area contributed by atoms with Gasteiger partial charge in [0.05, 0.1) is 31.8 Å². The molecule has 18 heavy (non-hydrogen) atoms. The number of halogens is 1. The van der Waals surface area contributed by atoms with E-state index in [9.17, 15) is 4.79 Å². The predicted octanol–water partition coefficient (Wildman–Crippen LogP) is 2.76. The third-order valence-corrected chi connectivity index (χ3v) is 4.00. The monoisotopic (exact) mass is 359 g/mol. The largest absolute Gasteiger partial charge is 0.464 e. The quantitative estimate of drug-likeness (QED) is 0.509. The molecule has 0 spiro atoms. The van der Waals surface area contributed by atoms with Crippen molar-refractivity contribution < 1.29 is 9.53 Å². The standard InChI is InChI=1S/C13H15IN2O2/c1-16(2,3)8-5-6-10-9(7-8)11(14)12(15-10)13(17)18-4/h5-7H,1-4H3/p+1. The van der Waals surface area contributed by atoms with E-state index in [0.717, 1.165) is 19.0 Å². The Balaban J connectivity index is 2.64. The van der Waals surface area contributed by atoms with Crippen LogP contribution in [0.15, 0.2) is 18.2 Å². The first-order valence-corrected chi connectivity index (χ1v) is 6.64. The zero-order valence-corrected chi connectivity index (χ0v) is 13.0. The number of H-pyrrole nitrogens is 1. The van der Waals surface area contributed by atoms with Gasteiger partial charge in [-0.15, -0.1) is 0 Å². The number of esters is 1.